The van der Waals surface area contributed by atoms with Crippen molar-refractivity contribution in [1.82, 2.24) is 10.1 Å². The highest BCUT2D eigenvalue weighted by molar-refractivity contribution is 5.95. The van der Waals surface area contributed by atoms with Gasteiger partial charge < -0.3 is 18.9 Å². The second-order valence-electron chi connectivity index (χ2n) is 5.73. The van der Waals surface area contributed by atoms with Crippen LogP contribution in [0.2, 0.25) is 0 Å². The summed E-state index contributed by atoms with van der Waals surface area (Å²) in [5, 5.41) is 3.68. The predicted octanol–water partition coefficient (Wildman–Crippen LogP) is 1.96. The first-order valence-corrected chi connectivity index (χ1v) is 7.73. The number of carbonyl (C=O) groups is 2. The molecule has 2 heterocycles. The summed E-state index contributed by atoms with van der Waals surface area (Å²) in [6, 6.07) is 6.63. The molecule has 1 aromatic heterocycles. The van der Waals surface area contributed by atoms with Gasteiger partial charge in [-0.1, -0.05) is 17.3 Å². The zero-order chi connectivity index (χ0) is 18.0. The van der Waals surface area contributed by atoms with Crippen LogP contribution in [-0.4, -0.2) is 47.7 Å². The maximum atomic E-state index is 13.8. The minimum absolute atomic E-state index is 0.0719. The van der Waals surface area contributed by atoms with E-state index in [1.165, 1.54) is 30.2 Å². The van der Waals surface area contributed by atoms with E-state index in [-0.39, 0.29) is 24.4 Å². The fraction of sp³-hybridized carbons (Fsp3) is 0.353. The lowest BCUT2D eigenvalue weighted by molar-refractivity contribution is -0.145. The summed E-state index contributed by atoms with van der Waals surface area (Å²) in [4.78, 5) is 26.0. The molecule has 0 saturated carbocycles. The molecular weight excluding hydrogens is 331 g/mol. The number of likely N-dealkylation sites (tertiary alicyclic amines) is 1. The first kappa shape index (κ1) is 16.9. The van der Waals surface area contributed by atoms with Crippen molar-refractivity contribution >= 4 is 11.9 Å². The monoisotopic (exact) mass is 348 g/mol. The van der Waals surface area contributed by atoms with Gasteiger partial charge in [-0.25, -0.2) is 9.18 Å². The summed E-state index contributed by atoms with van der Waals surface area (Å²) in [5.74, 6) is -0.979. The lowest BCUT2D eigenvalue weighted by Gasteiger charge is -2.20. The molecule has 132 valence electrons. The highest BCUT2D eigenvalue weighted by Gasteiger charge is 2.42. The van der Waals surface area contributed by atoms with Gasteiger partial charge >= 0.3 is 5.97 Å². The molecule has 7 nitrogen and oxygen atoms in total. The van der Waals surface area contributed by atoms with E-state index in [1.54, 1.807) is 19.1 Å². The van der Waals surface area contributed by atoms with Gasteiger partial charge in [0.1, 0.15) is 17.9 Å². The average molecular weight is 348 g/mol. The summed E-state index contributed by atoms with van der Waals surface area (Å²) >= 11 is 0. The second kappa shape index (κ2) is 6.92. The number of nitrogens with zero attached hydrogens (tertiary/aromatic N) is 2. The van der Waals surface area contributed by atoms with Crippen molar-refractivity contribution in [2.24, 2.45) is 0 Å². The highest BCUT2D eigenvalue weighted by atomic mass is 19.1. The lowest BCUT2D eigenvalue weighted by Crippen LogP contribution is -2.41. The molecule has 0 N–H and O–H groups in total. The van der Waals surface area contributed by atoms with E-state index in [2.05, 4.69) is 5.16 Å². The van der Waals surface area contributed by atoms with Crippen LogP contribution in [0.15, 0.2) is 34.9 Å². The van der Waals surface area contributed by atoms with Crippen LogP contribution in [0.25, 0.3) is 0 Å². The minimum atomic E-state index is -0.828. The molecule has 1 aliphatic heterocycles. The molecule has 1 aliphatic rings. The fourth-order valence-corrected chi connectivity index (χ4v) is 2.80. The summed E-state index contributed by atoms with van der Waals surface area (Å²) < 4.78 is 29.1. The number of hydrogen-bond donors (Lipinski definition) is 0. The Kier molecular flexibility index (Phi) is 4.69. The van der Waals surface area contributed by atoms with Crippen molar-refractivity contribution in [2.75, 3.05) is 13.7 Å². The number of aryl methyl sites for hydroxylation is 1. The van der Waals surface area contributed by atoms with Crippen LogP contribution in [0.3, 0.4) is 0 Å². The fourth-order valence-electron chi connectivity index (χ4n) is 2.80. The van der Waals surface area contributed by atoms with Gasteiger partial charge in [0, 0.05) is 12.5 Å². The van der Waals surface area contributed by atoms with E-state index >= 15 is 0 Å². The summed E-state index contributed by atoms with van der Waals surface area (Å²) in [6.45, 7) is 1.77. The third-order valence-corrected chi connectivity index (χ3v) is 3.97. The summed E-state index contributed by atoms with van der Waals surface area (Å²) in [6.07, 6.45) is -0.346. The molecule has 0 spiro atoms. The molecule has 2 atom stereocenters. The number of para-hydroxylation sites is 1. The third-order valence-electron chi connectivity index (χ3n) is 3.97. The Balaban J connectivity index is 1.80. The SMILES string of the molecule is COC(=O)[C@H]1C[C@@H](Oc2ccccc2F)CN1C(=O)c1cc(C)on1. The predicted molar refractivity (Wildman–Crippen MR) is 83.5 cm³/mol. The molecule has 3 rings (SSSR count). The highest BCUT2D eigenvalue weighted by Crippen LogP contribution is 2.27. The molecule has 0 aliphatic carbocycles. The number of halogens is 1. The second-order valence-corrected chi connectivity index (χ2v) is 5.73. The van der Waals surface area contributed by atoms with Crippen LogP contribution in [0.1, 0.15) is 22.7 Å². The normalized spacial score (nSPS) is 19.7. The van der Waals surface area contributed by atoms with E-state index in [1.807, 2.05) is 0 Å². The number of rotatable bonds is 4. The molecule has 0 radical (unpaired) electrons. The van der Waals surface area contributed by atoms with Crippen molar-refractivity contribution in [2.45, 2.75) is 25.5 Å². The summed E-state index contributed by atoms with van der Waals surface area (Å²) in [7, 11) is 1.25. The number of aromatic nitrogens is 1. The smallest absolute Gasteiger partial charge is 0.328 e. The molecular formula is C17H17FN2O5. The number of esters is 1. The number of ether oxygens (including phenoxy) is 2. The van der Waals surface area contributed by atoms with Gasteiger partial charge in [-0.3, -0.25) is 4.79 Å². The van der Waals surface area contributed by atoms with Crippen LogP contribution >= 0.6 is 0 Å². The Hall–Kier alpha value is -2.90. The Morgan fingerprint density at radius 3 is 2.76 bits per heavy atom. The lowest BCUT2D eigenvalue weighted by atomic mass is 10.2. The molecule has 8 heteroatoms. The quantitative estimate of drug-likeness (QED) is 0.786. The van der Waals surface area contributed by atoms with Gasteiger partial charge in [-0.05, 0) is 19.1 Å². The van der Waals surface area contributed by atoms with Gasteiger partial charge in [-0.15, -0.1) is 0 Å². The zero-order valence-electron chi connectivity index (χ0n) is 13.8. The summed E-state index contributed by atoms with van der Waals surface area (Å²) in [5.41, 5.74) is 0.0953. The minimum Gasteiger partial charge on any atom is -0.485 e. The number of carbonyl (C=O) groups excluding carboxylic acids is 2. The first-order chi connectivity index (χ1) is 12.0. The molecule has 1 fully saturated rings. The Bertz CT molecular complexity index is 791. The first-order valence-electron chi connectivity index (χ1n) is 7.73. The number of methoxy groups -OCH3 is 1. The largest absolute Gasteiger partial charge is 0.485 e. The van der Waals surface area contributed by atoms with E-state index in [0.717, 1.165) is 0 Å². The van der Waals surface area contributed by atoms with E-state index in [4.69, 9.17) is 14.0 Å². The number of hydrogen-bond acceptors (Lipinski definition) is 6. The molecule has 2 aromatic rings. The van der Waals surface area contributed by atoms with Crippen molar-refractivity contribution in [1.29, 1.82) is 0 Å². The molecule has 0 unspecified atom stereocenters. The maximum absolute atomic E-state index is 13.8. The Morgan fingerprint density at radius 2 is 2.12 bits per heavy atom. The van der Waals surface area contributed by atoms with Crippen LogP contribution in [0.4, 0.5) is 4.39 Å². The zero-order valence-corrected chi connectivity index (χ0v) is 13.8. The van der Waals surface area contributed by atoms with Gasteiger partial charge in [-0.2, -0.15) is 0 Å². The van der Waals surface area contributed by atoms with Crippen molar-refractivity contribution in [3.8, 4) is 5.75 Å². The third kappa shape index (κ3) is 3.47. The van der Waals surface area contributed by atoms with Crippen LogP contribution in [0, 0.1) is 12.7 Å². The standard InChI is InChI=1S/C17H17FN2O5/c1-10-7-13(19-25-10)16(21)20-9-11(8-14(20)17(22)23-2)24-15-6-4-3-5-12(15)18/h3-7,11,14H,8-9H2,1-2H3/t11-,14-/m1/s1. The molecule has 0 bridgehead atoms. The molecule has 25 heavy (non-hydrogen) atoms. The van der Waals surface area contributed by atoms with E-state index < -0.39 is 29.8 Å². The Labute approximate surface area is 143 Å². The van der Waals surface area contributed by atoms with E-state index in [0.29, 0.717) is 5.76 Å². The molecule has 1 aromatic carbocycles. The Morgan fingerprint density at radius 1 is 1.36 bits per heavy atom. The van der Waals surface area contributed by atoms with Crippen LogP contribution < -0.4 is 4.74 Å². The van der Waals surface area contributed by atoms with Crippen LogP contribution in [-0.2, 0) is 9.53 Å². The van der Waals surface area contributed by atoms with Gasteiger partial charge in [0.25, 0.3) is 5.91 Å². The van der Waals surface area contributed by atoms with Gasteiger partial charge in [0.2, 0.25) is 0 Å². The molecule has 1 amide bonds. The van der Waals surface area contributed by atoms with Gasteiger partial charge in [0.15, 0.2) is 17.3 Å². The molecule has 1 saturated heterocycles. The maximum Gasteiger partial charge on any atom is 0.328 e. The van der Waals surface area contributed by atoms with Crippen molar-refractivity contribution in [3.05, 3.63) is 47.6 Å². The van der Waals surface area contributed by atoms with Gasteiger partial charge in [0.05, 0.1) is 13.7 Å². The number of benzene rings is 1. The van der Waals surface area contributed by atoms with Crippen molar-refractivity contribution in [3.63, 3.8) is 0 Å². The number of amides is 1. The topological polar surface area (TPSA) is 81.9 Å². The average Bonchev–Trinajstić information content (AvgIpc) is 3.22. The van der Waals surface area contributed by atoms with E-state index in [9.17, 15) is 14.0 Å². The van der Waals surface area contributed by atoms with Crippen LogP contribution in [0.5, 0.6) is 5.75 Å². The van der Waals surface area contributed by atoms with Crippen molar-refractivity contribution < 1.29 is 28.0 Å².